The number of hydrogen-bond acceptors (Lipinski definition) is 4. The third kappa shape index (κ3) is 3.65. The highest BCUT2D eigenvalue weighted by molar-refractivity contribution is 5.33. The van der Waals surface area contributed by atoms with Gasteiger partial charge in [0.05, 0.1) is 0 Å². The normalized spacial score (nSPS) is 21.7. The van der Waals surface area contributed by atoms with Crippen LogP contribution in [-0.2, 0) is 6.54 Å². The van der Waals surface area contributed by atoms with Crippen molar-refractivity contribution in [2.45, 2.75) is 12.6 Å². The number of hydrogen-bond donors (Lipinski definition) is 2. The Balaban J connectivity index is 1.84. The van der Waals surface area contributed by atoms with Crippen LogP contribution in [0.5, 0.6) is 5.75 Å². The number of phenols is 1. The molecule has 0 aromatic heterocycles. The molecule has 19 heavy (non-hydrogen) atoms. The molecule has 1 fully saturated rings. The topological polar surface area (TPSA) is 38.7 Å². The smallest absolute Gasteiger partial charge is 0.165 e. The van der Waals surface area contributed by atoms with Crippen LogP contribution in [0, 0.1) is 5.82 Å². The van der Waals surface area contributed by atoms with E-state index in [1.165, 1.54) is 6.07 Å². The molecular formula is C14H22FN3O. The average molecular weight is 267 g/mol. The van der Waals surface area contributed by atoms with Gasteiger partial charge < -0.3 is 15.3 Å². The van der Waals surface area contributed by atoms with E-state index in [0.717, 1.165) is 26.2 Å². The summed E-state index contributed by atoms with van der Waals surface area (Å²) in [5, 5.41) is 12.9. The van der Waals surface area contributed by atoms with Gasteiger partial charge in [-0.3, -0.25) is 4.90 Å². The van der Waals surface area contributed by atoms with Crippen LogP contribution in [-0.4, -0.2) is 61.2 Å². The second-order valence-electron chi connectivity index (χ2n) is 5.28. The van der Waals surface area contributed by atoms with Crippen molar-refractivity contribution in [3.63, 3.8) is 0 Å². The Hall–Kier alpha value is -1.17. The van der Waals surface area contributed by atoms with Gasteiger partial charge in [0, 0.05) is 44.3 Å². The maximum atomic E-state index is 13.2. The lowest BCUT2D eigenvalue weighted by Gasteiger charge is -2.37. The van der Waals surface area contributed by atoms with E-state index in [2.05, 4.69) is 29.2 Å². The Morgan fingerprint density at radius 3 is 2.95 bits per heavy atom. The predicted octanol–water partition coefficient (Wildman–Crippen LogP) is 0.867. The fourth-order valence-electron chi connectivity index (χ4n) is 2.40. The Morgan fingerprint density at radius 1 is 1.37 bits per heavy atom. The molecule has 5 heteroatoms. The van der Waals surface area contributed by atoms with Crippen LogP contribution < -0.4 is 5.32 Å². The van der Waals surface area contributed by atoms with Gasteiger partial charge in [0.2, 0.25) is 0 Å². The number of benzene rings is 1. The number of para-hydroxylation sites is 1. The lowest BCUT2D eigenvalue weighted by molar-refractivity contribution is 0.113. The fraction of sp³-hybridized carbons (Fsp3) is 0.571. The Kier molecular flexibility index (Phi) is 4.74. The minimum Gasteiger partial charge on any atom is -0.505 e. The van der Waals surface area contributed by atoms with Crippen LogP contribution in [0.2, 0.25) is 0 Å². The van der Waals surface area contributed by atoms with Gasteiger partial charge >= 0.3 is 0 Å². The number of rotatable bonds is 4. The first-order chi connectivity index (χ1) is 9.08. The van der Waals surface area contributed by atoms with Crippen molar-refractivity contribution in [2.24, 2.45) is 0 Å². The number of aromatic hydroxyl groups is 1. The number of nitrogens with zero attached hydrogens (tertiary/aromatic N) is 2. The molecule has 1 saturated heterocycles. The lowest BCUT2D eigenvalue weighted by Crippen LogP contribution is -2.53. The summed E-state index contributed by atoms with van der Waals surface area (Å²) in [7, 11) is 4.25. The molecule has 1 aliphatic rings. The van der Waals surface area contributed by atoms with Crippen molar-refractivity contribution in [3.8, 4) is 5.75 Å². The Morgan fingerprint density at radius 2 is 2.16 bits per heavy atom. The zero-order valence-electron chi connectivity index (χ0n) is 11.6. The molecule has 106 valence electrons. The van der Waals surface area contributed by atoms with E-state index in [0.29, 0.717) is 18.2 Å². The van der Waals surface area contributed by atoms with Crippen LogP contribution in [0.25, 0.3) is 0 Å². The average Bonchev–Trinajstić information content (AvgIpc) is 2.38. The molecule has 1 atom stereocenters. The fourth-order valence-corrected chi connectivity index (χ4v) is 2.40. The zero-order chi connectivity index (χ0) is 13.8. The van der Waals surface area contributed by atoms with E-state index in [9.17, 15) is 9.50 Å². The molecule has 0 saturated carbocycles. The van der Waals surface area contributed by atoms with Crippen molar-refractivity contribution >= 4 is 0 Å². The van der Waals surface area contributed by atoms with E-state index in [1.807, 2.05) is 0 Å². The molecule has 2 N–H and O–H groups in total. The van der Waals surface area contributed by atoms with Crippen molar-refractivity contribution in [3.05, 3.63) is 29.6 Å². The lowest BCUT2D eigenvalue weighted by atomic mass is 10.1. The SMILES string of the molecule is CN1CCN(C)C(CNCc2cccc(F)c2O)C1. The first kappa shape index (κ1) is 14.2. The quantitative estimate of drug-likeness (QED) is 0.849. The summed E-state index contributed by atoms with van der Waals surface area (Å²) in [5.74, 6) is -0.807. The van der Waals surface area contributed by atoms with Crippen LogP contribution >= 0.6 is 0 Å². The predicted molar refractivity (Wildman–Crippen MR) is 73.7 cm³/mol. The van der Waals surface area contributed by atoms with Gasteiger partial charge in [-0.05, 0) is 20.2 Å². The molecule has 0 bridgehead atoms. The minimum atomic E-state index is -0.561. The van der Waals surface area contributed by atoms with Crippen LogP contribution in [0.4, 0.5) is 4.39 Å². The molecule has 0 aliphatic carbocycles. The van der Waals surface area contributed by atoms with Crippen molar-refractivity contribution in [1.29, 1.82) is 0 Å². The summed E-state index contributed by atoms with van der Waals surface area (Å²) < 4.78 is 13.2. The van der Waals surface area contributed by atoms with Crippen LogP contribution in [0.15, 0.2) is 18.2 Å². The third-order valence-corrected chi connectivity index (χ3v) is 3.75. The van der Waals surface area contributed by atoms with Gasteiger partial charge in [-0.1, -0.05) is 12.1 Å². The largest absolute Gasteiger partial charge is 0.505 e. The van der Waals surface area contributed by atoms with Gasteiger partial charge in [0.25, 0.3) is 0 Å². The number of piperazine rings is 1. The molecule has 2 rings (SSSR count). The zero-order valence-corrected chi connectivity index (χ0v) is 11.6. The standard InChI is InChI=1S/C14H22FN3O/c1-17-6-7-18(2)12(10-17)9-16-8-11-4-3-5-13(15)14(11)19/h3-5,12,16,19H,6-10H2,1-2H3. The highest BCUT2D eigenvalue weighted by Gasteiger charge is 2.21. The summed E-state index contributed by atoms with van der Waals surface area (Å²) in [6.45, 7) is 4.50. The van der Waals surface area contributed by atoms with Gasteiger partial charge in [0.15, 0.2) is 11.6 Å². The number of nitrogens with one attached hydrogen (secondary N) is 1. The van der Waals surface area contributed by atoms with Gasteiger partial charge in [-0.2, -0.15) is 0 Å². The molecule has 1 aromatic rings. The number of halogens is 1. The van der Waals surface area contributed by atoms with Gasteiger partial charge in [0.1, 0.15) is 0 Å². The molecule has 1 aromatic carbocycles. The van der Waals surface area contributed by atoms with E-state index in [1.54, 1.807) is 12.1 Å². The van der Waals surface area contributed by atoms with Gasteiger partial charge in [-0.15, -0.1) is 0 Å². The Bertz CT molecular complexity index is 427. The summed E-state index contributed by atoms with van der Waals surface area (Å²) in [4.78, 5) is 4.64. The molecule has 4 nitrogen and oxygen atoms in total. The Labute approximate surface area is 113 Å². The van der Waals surface area contributed by atoms with E-state index in [4.69, 9.17) is 0 Å². The van der Waals surface area contributed by atoms with Gasteiger partial charge in [-0.25, -0.2) is 4.39 Å². The monoisotopic (exact) mass is 267 g/mol. The van der Waals surface area contributed by atoms with E-state index >= 15 is 0 Å². The summed E-state index contributed by atoms with van der Waals surface area (Å²) in [5.41, 5.74) is 0.604. The molecule has 0 amide bonds. The molecule has 1 heterocycles. The maximum Gasteiger partial charge on any atom is 0.165 e. The highest BCUT2D eigenvalue weighted by Crippen LogP contribution is 2.20. The first-order valence-corrected chi connectivity index (χ1v) is 6.64. The molecule has 0 spiro atoms. The number of phenolic OH excluding ortho intramolecular Hbond substituents is 1. The van der Waals surface area contributed by atoms with Crippen molar-refractivity contribution < 1.29 is 9.50 Å². The summed E-state index contributed by atoms with van der Waals surface area (Å²) in [6.07, 6.45) is 0. The van der Waals surface area contributed by atoms with E-state index < -0.39 is 5.82 Å². The minimum absolute atomic E-state index is 0.246. The molecule has 0 radical (unpaired) electrons. The maximum absolute atomic E-state index is 13.2. The second kappa shape index (κ2) is 6.32. The van der Waals surface area contributed by atoms with Crippen LogP contribution in [0.1, 0.15) is 5.56 Å². The summed E-state index contributed by atoms with van der Waals surface area (Å²) >= 11 is 0. The molecule has 1 unspecified atom stereocenters. The first-order valence-electron chi connectivity index (χ1n) is 6.64. The summed E-state index contributed by atoms with van der Waals surface area (Å²) in [6, 6.07) is 5.08. The second-order valence-corrected chi connectivity index (χ2v) is 5.28. The molecular weight excluding hydrogens is 245 g/mol. The van der Waals surface area contributed by atoms with Crippen molar-refractivity contribution in [2.75, 3.05) is 40.3 Å². The number of likely N-dealkylation sites (N-methyl/N-ethyl adjacent to an activating group) is 2. The third-order valence-electron chi connectivity index (χ3n) is 3.75. The van der Waals surface area contributed by atoms with Crippen molar-refractivity contribution in [1.82, 2.24) is 15.1 Å². The highest BCUT2D eigenvalue weighted by atomic mass is 19.1. The van der Waals surface area contributed by atoms with E-state index in [-0.39, 0.29) is 5.75 Å². The molecule has 1 aliphatic heterocycles. The van der Waals surface area contributed by atoms with Crippen LogP contribution in [0.3, 0.4) is 0 Å².